The lowest BCUT2D eigenvalue weighted by Gasteiger charge is -2.52. The van der Waals surface area contributed by atoms with Gasteiger partial charge in [-0.25, -0.2) is 0 Å². The van der Waals surface area contributed by atoms with E-state index in [1.54, 1.807) is 14.2 Å². The number of ether oxygens (including phenoxy) is 4. The summed E-state index contributed by atoms with van der Waals surface area (Å²) in [6.07, 6.45) is 9.09. The SMILES string of the molecule is CCC1CN2CCC1CC2C(Oc1nnc(OC(c2ccnc3ccc(OC)cc23)C2CN3CCC2C(CC)C3)c2ccccc12)c1ccnc2ccc(OC)cc12. The first-order valence-corrected chi connectivity index (χ1v) is 21.4. The largest absolute Gasteiger partial charge is 0.497 e. The first-order valence-electron chi connectivity index (χ1n) is 21.4. The molecule has 9 heterocycles. The lowest BCUT2D eigenvalue weighted by Crippen LogP contribution is -2.56. The van der Waals surface area contributed by atoms with E-state index in [1.807, 2.05) is 36.7 Å². The molecule has 0 saturated carbocycles. The van der Waals surface area contributed by atoms with Crippen molar-refractivity contribution in [3.05, 3.63) is 96.3 Å². The molecular weight excluding hydrogens is 725 g/mol. The van der Waals surface area contributed by atoms with Crippen LogP contribution >= 0.6 is 0 Å². The highest BCUT2D eigenvalue weighted by molar-refractivity contribution is 5.91. The van der Waals surface area contributed by atoms with Gasteiger partial charge in [-0.2, -0.15) is 0 Å². The van der Waals surface area contributed by atoms with Gasteiger partial charge in [-0.3, -0.25) is 14.9 Å². The summed E-state index contributed by atoms with van der Waals surface area (Å²) in [5.74, 6) is 5.46. The number of rotatable bonds is 12. The maximum atomic E-state index is 7.33. The lowest BCUT2D eigenvalue weighted by atomic mass is 9.68. The molecule has 6 aromatic rings. The number of hydrogen-bond donors (Lipinski definition) is 0. The first-order chi connectivity index (χ1) is 28.5. The molecule has 58 heavy (non-hydrogen) atoms. The lowest BCUT2D eigenvalue weighted by molar-refractivity contribution is -0.0538. The Bertz CT molecular complexity index is 2440. The van der Waals surface area contributed by atoms with Gasteiger partial charge in [0.25, 0.3) is 0 Å². The smallest absolute Gasteiger partial charge is 0.242 e. The third-order valence-electron chi connectivity index (χ3n) is 14.3. The van der Waals surface area contributed by atoms with Crippen molar-refractivity contribution >= 4 is 32.6 Å². The molecule has 10 nitrogen and oxygen atoms in total. The topological polar surface area (TPSA) is 95.0 Å². The van der Waals surface area contributed by atoms with Gasteiger partial charge in [-0.1, -0.05) is 38.8 Å². The van der Waals surface area contributed by atoms with E-state index in [0.29, 0.717) is 35.4 Å². The maximum Gasteiger partial charge on any atom is 0.242 e. The van der Waals surface area contributed by atoms with Crippen LogP contribution in [-0.2, 0) is 0 Å². The van der Waals surface area contributed by atoms with Gasteiger partial charge in [0.15, 0.2) is 0 Å². The molecule has 10 unspecified atom stereocenters. The highest BCUT2D eigenvalue weighted by atomic mass is 16.5. The predicted octanol–water partition coefficient (Wildman–Crippen LogP) is 9.08. The second-order valence-corrected chi connectivity index (χ2v) is 17.1. The van der Waals surface area contributed by atoms with Crippen molar-refractivity contribution in [1.82, 2.24) is 30.0 Å². The number of aromatic nitrogens is 4. The summed E-state index contributed by atoms with van der Waals surface area (Å²) in [5.41, 5.74) is 4.04. The molecule has 10 atom stereocenters. The van der Waals surface area contributed by atoms with E-state index in [2.05, 4.69) is 72.2 Å². The van der Waals surface area contributed by atoms with Crippen molar-refractivity contribution in [3.63, 3.8) is 0 Å². The standard InChI is InChI=1S/C48H54N6O4/c1-5-29-27-54-22-17-31(29)23-44(54)46(36-16-20-50-43-14-12-33(56-4)25-40(36)43)58-48-38-10-8-7-9-37(38)47(51-52-48)57-45(41-28-53-21-18-34(41)30(6-2)26-53)35-15-19-49-42-13-11-32(55-3)24-39(35)42/h7-16,19-20,24-25,29-31,34,41,44-46H,5-6,17-18,21-23,26-28H2,1-4H3. The number of pyridine rings is 2. The van der Waals surface area contributed by atoms with E-state index in [9.17, 15) is 0 Å². The average Bonchev–Trinajstić information content (AvgIpc) is 3.29. The summed E-state index contributed by atoms with van der Waals surface area (Å²) in [5, 5.41) is 13.7. The number of piperidine rings is 6. The molecule has 300 valence electrons. The zero-order chi connectivity index (χ0) is 39.3. The fraction of sp³-hybridized carbons (Fsp3) is 0.458. The van der Waals surface area contributed by atoms with Crippen LogP contribution in [0.1, 0.15) is 69.3 Å². The van der Waals surface area contributed by atoms with E-state index in [-0.39, 0.29) is 24.2 Å². The summed E-state index contributed by atoms with van der Waals surface area (Å²) in [7, 11) is 3.43. The monoisotopic (exact) mass is 778 g/mol. The molecule has 6 fully saturated rings. The Morgan fingerprint density at radius 2 is 1.28 bits per heavy atom. The van der Waals surface area contributed by atoms with Gasteiger partial charge in [0, 0.05) is 59.8 Å². The van der Waals surface area contributed by atoms with Crippen LogP contribution in [0, 0.1) is 29.6 Å². The van der Waals surface area contributed by atoms with Crippen LogP contribution in [0.15, 0.2) is 85.2 Å². The predicted molar refractivity (Wildman–Crippen MR) is 227 cm³/mol. The summed E-state index contributed by atoms with van der Waals surface area (Å²) >= 11 is 0. The zero-order valence-electron chi connectivity index (χ0n) is 34.1. The van der Waals surface area contributed by atoms with Gasteiger partial charge in [-0.15, -0.1) is 10.2 Å². The number of methoxy groups -OCH3 is 2. The molecule has 4 bridgehead atoms. The summed E-state index contributed by atoms with van der Waals surface area (Å²) < 4.78 is 26.1. The van der Waals surface area contributed by atoms with Gasteiger partial charge in [0.1, 0.15) is 23.7 Å². The van der Waals surface area contributed by atoms with Crippen molar-refractivity contribution in [2.45, 2.75) is 64.2 Å². The Labute approximate surface area is 340 Å². The van der Waals surface area contributed by atoms with Crippen molar-refractivity contribution in [3.8, 4) is 23.3 Å². The van der Waals surface area contributed by atoms with E-state index >= 15 is 0 Å². The van der Waals surface area contributed by atoms with Gasteiger partial charge in [0.2, 0.25) is 11.8 Å². The Kier molecular flexibility index (Phi) is 10.0. The molecular formula is C48H54N6O4. The van der Waals surface area contributed by atoms with Crippen molar-refractivity contribution < 1.29 is 18.9 Å². The minimum absolute atomic E-state index is 0.180. The Morgan fingerprint density at radius 3 is 1.84 bits per heavy atom. The van der Waals surface area contributed by atoms with Gasteiger partial charge in [-0.05, 0) is 117 Å². The van der Waals surface area contributed by atoms with Gasteiger partial charge < -0.3 is 23.8 Å². The number of nitrogens with zero attached hydrogens (tertiary/aromatic N) is 6. The summed E-state index contributed by atoms with van der Waals surface area (Å²) in [6, 6.07) is 25.0. The Balaban J connectivity index is 1.07. The Hall–Kier alpha value is -5.06. The second-order valence-electron chi connectivity index (χ2n) is 17.1. The van der Waals surface area contributed by atoms with Gasteiger partial charge >= 0.3 is 0 Å². The van der Waals surface area contributed by atoms with Crippen molar-refractivity contribution in [1.29, 1.82) is 0 Å². The van der Waals surface area contributed by atoms with E-state index in [0.717, 1.165) is 101 Å². The van der Waals surface area contributed by atoms with E-state index in [4.69, 9.17) is 39.1 Å². The number of hydrogen-bond acceptors (Lipinski definition) is 10. The van der Waals surface area contributed by atoms with Crippen LogP contribution in [-0.4, -0.2) is 83.0 Å². The zero-order valence-corrected chi connectivity index (χ0v) is 34.1. The molecule has 0 radical (unpaired) electrons. The summed E-state index contributed by atoms with van der Waals surface area (Å²) in [6.45, 7) is 10.1. The van der Waals surface area contributed by atoms with Crippen LogP contribution < -0.4 is 18.9 Å². The van der Waals surface area contributed by atoms with Crippen LogP contribution in [0.4, 0.5) is 0 Å². The highest BCUT2D eigenvalue weighted by Gasteiger charge is 2.47. The molecule has 3 aromatic heterocycles. The molecule has 12 rings (SSSR count). The van der Waals surface area contributed by atoms with Crippen LogP contribution in [0.3, 0.4) is 0 Å². The van der Waals surface area contributed by atoms with Crippen molar-refractivity contribution in [2.24, 2.45) is 29.6 Å². The van der Waals surface area contributed by atoms with Crippen LogP contribution in [0.5, 0.6) is 23.3 Å². The average molecular weight is 779 g/mol. The third-order valence-corrected chi connectivity index (χ3v) is 14.3. The first kappa shape index (κ1) is 37.2. The molecule has 0 aliphatic carbocycles. The van der Waals surface area contributed by atoms with Crippen LogP contribution in [0.25, 0.3) is 32.6 Å². The molecule has 10 heteroatoms. The quantitative estimate of drug-likeness (QED) is 0.120. The molecule has 6 aliphatic rings. The molecule has 0 spiro atoms. The fourth-order valence-corrected chi connectivity index (χ4v) is 11.2. The minimum atomic E-state index is -0.300. The normalized spacial score (nSPS) is 27.4. The molecule has 6 aliphatic heterocycles. The Morgan fingerprint density at radius 1 is 0.655 bits per heavy atom. The maximum absolute atomic E-state index is 7.33. The van der Waals surface area contributed by atoms with Crippen molar-refractivity contribution in [2.75, 3.05) is 46.9 Å². The molecule has 3 aromatic carbocycles. The van der Waals surface area contributed by atoms with Gasteiger partial charge in [0.05, 0.1) is 42.1 Å². The third kappa shape index (κ3) is 6.58. The van der Waals surface area contributed by atoms with Crippen LogP contribution in [0.2, 0.25) is 0 Å². The van der Waals surface area contributed by atoms with E-state index < -0.39 is 0 Å². The number of fused-ring (bicyclic) bond motifs is 9. The highest BCUT2D eigenvalue weighted by Crippen LogP contribution is 2.49. The second kappa shape index (κ2) is 15.6. The molecule has 6 saturated heterocycles. The molecule has 0 amide bonds. The molecule has 0 N–H and O–H groups in total. The minimum Gasteiger partial charge on any atom is -0.497 e. The summed E-state index contributed by atoms with van der Waals surface area (Å²) in [4.78, 5) is 14.8. The fourth-order valence-electron chi connectivity index (χ4n) is 11.2. The van der Waals surface area contributed by atoms with E-state index in [1.165, 1.54) is 19.3 Å². The number of benzene rings is 3.